The van der Waals surface area contributed by atoms with Crippen LogP contribution >= 0.6 is 15.6 Å². The second-order valence-corrected chi connectivity index (χ2v) is 33.3. The molecule has 0 aliphatic heterocycles. The molecular weight excluding hydrogens is 1330 g/mol. The molecule has 0 spiro atoms. The second kappa shape index (κ2) is 74.5. The van der Waals surface area contributed by atoms with Crippen LogP contribution in [0.4, 0.5) is 0 Å². The Labute approximate surface area is 626 Å². The van der Waals surface area contributed by atoms with Crippen LogP contribution in [0.2, 0.25) is 0 Å². The lowest BCUT2D eigenvalue weighted by Crippen LogP contribution is -2.30. The fraction of sp³-hybridized carbons (Fsp3) is 0.952. The van der Waals surface area contributed by atoms with E-state index in [4.69, 9.17) is 37.0 Å². The Bertz CT molecular complexity index is 1960. The maximum atomic E-state index is 13.1. The predicted octanol–water partition coefficient (Wildman–Crippen LogP) is 25.1. The molecule has 7 atom stereocenters. The molecule has 0 aromatic heterocycles. The van der Waals surface area contributed by atoms with E-state index in [9.17, 15) is 43.2 Å². The van der Waals surface area contributed by atoms with Crippen LogP contribution in [-0.2, 0) is 65.4 Å². The molecule has 0 fully saturated rings. The topological polar surface area (TPSA) is 237 Å². The van der Waals surface area contributed by atoms with Gasteiger partial charge in [0.15, 0.2) is 12.2 Å². The number of phosphoric ester groups is 2. The number of hydrogen-bond donors (Lipinski definition) is 3. The van der Waals surface area contributed by atoms with Crippen molar-refractivity contribution < 1.29 is 80.2 Å². The van der Waals surface area contributed by atoms with E-state index in [1.54, 1.807) is 0 Å². The number of hydrogen-bond acceptors (Lipinski definition) is 15. The number of unbranched alkanes of at least 4 members (excludes halogenated alkanes) is 50. The first-order valence-electron chi connectivity index (χ1n) is 43.1. The Morgan fingerprint density at radius 1 is 0.275 bits per heavy atom. The molecule has 0 aromatic carbocycles. The molecule has 0 amide bonds. The van der Waals surface area contributed by atoms with Gasteiger partial charge in [0.05, 0.1) is 26.4 Å². The van der Waals surface area contributed by atoms with Crippen LogP contribution in [-0.4, -0.2) is 96.7 Å². The first-order chi connectivity index (χ1) is 49.4. The van der Waals surface area contributed by atoms with E-state index in [0.29, 0.717) is 25.7 Å². The zero-order chi connectivity index (χ0) is 74.9. The van der Waals surface area contributed by atoms with Gasteiger partial charge in [-0.15, -0.1) is 0 Å². The highest BCUT2D eigenvalue weighted by molar-refractivity contribution is 7.47. The molecule has 102 heavy (non-hydrogen) atoms. The van der Waals surface area contributed by atoms with Crippen LogP contribution in [0.15, 0.2) is 0 Å². The van der Waals surface area contributed by atoms with Crippen molar-refractivity contribution >= 4 is 39.5 Å². The summed E-state index contributed by atoms with van der Waals surface area (Å²) in [5, 5.41) is 10.6. The summed E-state index contributed by atoms with van der Waals surface area (Å²) in [4.78, 5) is 72.7. The molecule has 0 saturated heterocycles. The normalized spacial score (nSPS) is 14.4. The summed E-state index contributed by atoms with van der Waals surface area (Å²) in [6, 6.07) is 0. The van der Waals surface area contributed by atoms with Crippen molar-refractivity contribution in [2.24, 2.45) is 11.8 Å². The van der Waals surface area contributed by atoms with Gasteiger partial charge in [-0.1, -0.05) is 388 Å². The quantitative estimate of drug-likeness (QED) is 0.0222. The van der Waals surface area contributed by atoms with Crippen molar-refractivity contribution in [1.82, 2.24) is 0 Å². The molecule has 0 saturated carbocycles. The number of aliphatic hydroxyl groups is 1. The molecule has 0 heterocycles. The smallest absolute Gasteiger partial charge is 0.462 e. The van der Waals surface area contributed by atoms with Crippen LogP contribution < -0.4 is 0 Å². The van der Waals surface area contributed by atoms with Gasteiger partial charge in [0.25, 0.3) is 0 Å². The first kappa shape index (κ1) is 100. The summed E-state index contributed by atoms with van der Waals surface area (Å²) in [6.07, 6.45) is 65.7. The largest absolute Gasteiger partial charge is 0.472 e. The van der Waals surface area contributed by atoms with Gasteiger partial charge < -0.3 is 33.8 Å². The van der Waals surface area contributed by atoms with Crippen LogP contribution in [0.25, 0.3) is 0 Å². The van der Waals surface area contributed by atoms with E-state index in [1.807, 2.05) is 0 Å². The molecule has 19 heteroatoms. The number of aliphatic hydroxyl groups excluding tert-OH is 1. The Hall–Kier alpha value is -1.94. The summed E-state index contributed by atoms with van der Waals surface area (Å²) in [5.74, 6) is -0.373. The van der Waals surface area contributed by atoms with E-state index in [-0.39, 0.29) is 25.7 Å². The second-order valence-electron chi connectivity index (χ2n) is 30.4. The van der Waals surface area contributed by atoms with Gasteiger partial charge in [0.2, 0.25) is 0 Å². The van der Waals surface area contributed by atoms with Crippen LogP contribution in [0.1, 0.15) is 440 Å². The van der Waals surface area contributed by atoms with Crippen molar-refractivity contribution in [3.8, 4) is 0 Å². The average molecular weight is 1490 g/mol. The van der Waals surface area contributed by atoms with E-state index < -0.39 is 97.5 Å². The zero-order valence-electron chi connectivity index (χ0n) is 66.9. The maximum Gasteiger partial charge on any atom is 0.472 e. The third-order valence-electron chi connectivity index (χ3n) is 20.2. The third kappa shape index (κ3) is 73.6. The fourth-order valence-electron chi connectivity index (χ4n) is 12.8. The van der Waals surface area contributed by atoms with Crippen LogP contribution in [0.3, 0.4) is 0 Å². The van der Waals surface area contributed by atoms with Gasteiger partial charge in [0, 0.05) is 25.7 Å². The number of carbonyl (C=O) groups is 4. The lowest BCUT2D eigenvalue weighted by Gasteiger charge is -2.21. The molecule has 0 radical (unpaired) electrons. The average Bonchev–Trinajstić information content (AvgIpc) is 0.938. The maximum absolute atomic E-state index is 13.1. The van der Waals surface area contributed by atoms with Crippen LogP contribution in [0.5, 0.6) is 0 Å². The Kier molecular flexibility index (Phi) is 73.1. The zero-order valence-corrected chi connectivity index (χ0v) is 68.7. The molecule has 3 N–H and O–H groups in total. The number of rotatable bonds is 82. The minimum Gasteiger partial charge on any atom is -0.462 e. The fourth-order valence-corrected chi connectivity index (χ4v) is 14.4. The molecule has 0 bridgehead atoms. The van der Waals surface area contributed by atoms with Gasteiger partial charge in [0.1, 0.15) is 19.3 Å². The van der Waals surface area contributed by atoms with Crippen molar-refractivity contribution in [1.29, 1.82) is 0 Å². The highest BCUT2D eigenvalue weighted by Gasteiger charge is 2.30. The molecule has 4 unspecified atom stereocenters. The van der Waals surface area contributed by atoms with E-state index in [1.165, 1.54) is 250 Å². The van der Waals surface area contributed by atoms with Crippen molar-refractivity contribution in [3.05, 3.63) is 0 Å². The van der Waals surface area contributed by atoms with Gasteiger partial charge in [-0.3, -0.25) is 37.3 Å². The molecule has 0 aromatic rings. The Morgan fingerprint density at radius 2 is 0.471 bits per heavy atom. The minimum atomic E-state index is -4.96. The SMILES string of the molecule is CCCCCCCCCCCCCCCC(=O)O[C@H](COC(=O)CCCCCCC)COP(=O)(O)OC[C@H](O)COP(=O)(O)OC[C@@H](COC(=O)CCCCCCCCCCCCCCCCCCCCC(C)CC)OC(=O)CCCCCCCCCCCCCCCCCCCCC(C)CC. The number of phosphoric acid groups is 2. The molecule has 17 nitrogen and oxygen atoms in total. The van der Waals surface area contributed by atoms with E-state index in [0.717, 1.165) is 108 Å². The van der Waals surface area contributed by atoms with Crippen LogP contribution in [0, 0.1) is 11.8 Å². The summed E-state index contributed by atoms with van der Waals surface area (Å²) in [6.45, 7) is 9.69. The van der Waals surface area contributed by atoms with Crippen molar-refractivity contribution in [2.75, 3.05) is 39.6 Å². The lowest BCUT2D eigenvalue weighted by atomic mass is 9.99. The number of ether oxygens (including phenoxy) is 4. The summed E-state index contributed by atoms with van der Waals surface area (Å²) >= 11 is 0. The number of esters is 4. The summed E-state index contributed by atoms with van der Waals surface area (Å²) < 4.78 is 68.5. The predicted molar refractivity (Wildman–Crippen MR) is 418 cm³/mol. The highest BCUT2D eigenvalue weighted by Crippen LogP contribution is 2.45. The number of carbonyl (C=O) groups excluding carboxylic acids is 4. The van der Waals surface area contributed by atoms with Crippen molar-refractivity contribution in [2.45, 2.75) is 458 Å². The Balaban J connectivity index is 5.10. The standard InChI is InChI=1S/C83H162O17P2/c1-7-11-13-15-16-17-18-31-39-44-49-55-61-67-82(87)99-78(71-93-80(85)65-59-51-14-12-8-2)73-97-101(89,90)95-69-77(84)70-96-102(91,92)98-74-79(100-83(88)68-62-56-50-45-40-35-30-26-22-20-24-28-33-37-42-47-53-58-64-76(6)10-4)72-94-81(86)66-60-54-48-43-38-34-29-25-21-19-23-27-32-36-41-46-52-57-63-75(5)9-3/h75-79,84H,7-74H2,1-6H3,(H,89,90)(H,91,92)/t75?,76?,77-,78+,79+/m0/s1. The van der Waals surface area contributed by atoms with Crippen molar-refractivity contribution in [3.63, 3.8) is 0 Å². The first-order valence-corrected chi connectivity index (χ1v) is 46.1. The molecular formula is C83H162O17P2. The third-order valence-corrected chi connectivity index (χ3v) is 22.1. The van der Waals surface area contributed by atoms with Gasteiger partial charge in [-0.05, 0) is 37.5 Å². The van der Waals surface area contributed by atoms with Gasteiger partial charge in [-0.25, -0.2) is 9.13 Å². The van der Waals surface area contributed by atoms with E-state index >= 15 is 0 Å². The lowest BCUT2D eigenvalue weighted by molar-refractivity contribution is -0.161. The Morgan fingerprint density at radius 3 is 0.696 bits per heavy atom. The minimum absolute atomic E-state index is 0.107. The monoisotopic (exact) mass is 1490 g/mol. The summed E-state index contributed by atoms with van der Waals surface area (Å²) in [5.41, 5.74) is 0. The molecule has 606 valence electrons. The highest BCUT2D eigenvalue weighted by atomic mass is 31.2. The van der Waals surface area contributed by atoms with Gasteiger partial charge >= 0.3 is 39.5 Å². The molecule has 0 rings (SSSR count). The molecule has 0 aliphatic rings. The summed E-state index contributed by atoms with van der Waals surface area (Å²) in [7, 11) is -9.91. The van der Waals surface area contributed by atoms with Gasteiger partial charge in [-0.2, -0.15) is 0 Å². The van der Waals surface area contributed by atoms with E-state index in [2.05, 4.69) is 41.5 Å². The molecule has 0 aliphatic carbocycles.